The molecule has 1 saturated heterocycles. The molecule has 1 aliphatic heterocycles. The molecular formula is C28H30N4O4. The second-order valence-electron chi connectivity index (χ2n) is 8.82. The number of amides is 3. The predicted octanol–water partition coefficient (Wildman–Crippen LogP) is 3.61. The van der Waals surface area contributed by atoms with Gasteiger partial charge in [0.1, 0.15) is 5.75 Å². The number of benzene rings is 3. The summed E-state index contributed by atoms with van der Waals surface area (Å²) in [6.07, 6.45) is 1.23. The van der Waals surface area contributed by atoms with Gasteiger partial charge in [0.25, 0.3) is 5.91 Å². The van der Waals surface area contributed by atoms with Gasteiger partial charge in [-0.25, -0.2) is 0 Å². The fourth-order valence-corrected chi connectivity index (χ4v) is 4.22. The van der Waals surface area contributed by atoms with Crippen molar-refractivity contribution in [3.63, 3.8) is 0 Å². The Labute approximate surface area is 210 Å². The minimum absolute atomic E-state index is 0.0361. The van der Waals surface area contributed by atoms with E-state index in [1.165, 1.54) is 6.07 Å². The van der Waals surface area contributed by atoms with Crippen LogP contribution in [0.5, 0.6) is 5.75 Å². The first kappa shape index (κ1) is 24.9. The summed E-state index contributed by atoms with van der Waals surface area (Å²) in [7, 11) is 0. The maximum Gasteiger partial charge on any atom is 0.253 e. The normalized spacial score (nSPS) is 14.1. The lowest BCUT2D eigenvalue weighted by molar-refractivity contribution is -0.121. The minimum atomic E-state index is -0.258. The van der Waals surface area contributed by atoms with Crippen molar-refractivity contribution in [2.75, 3.05) is 30.3 Å². The molecule has 0 atom stereocenters. The monoisotopic (exact) mass is 486 g/mol. The molecule has 36 heavy (non-hydrogen) atoms. The van der Waals surface area contributed by atoms with Crippen molar-refractivity contribution in [2.24, 2.45) is 5.92 Å². The van der Waals surface area contributed by atoms with Crippen LogP contribution >= 0.6 is 0 Å². The highest BCUT2D eigenvalue weighted by molar-refractivity contribution is 6.04. The van der Waals surface area contributed by atoms with E-state index in [0.717, 1.165) is 5.56 Å². The van der Waals surface area contributed by atoms with Crippen molar-refractivity contribution >= 4 is 29.1 Å². The van der Waals surface area contributed by atoms with Crippen LogP contribution in [0.1, 0.15) is 28.8 Å². The van der Waals surface area contributed by atoms with Crippen molar-refractivity contribution in [3.05, 3.63) is 90.0 Å². The highest BCUT2D eigenvalue weighted by atomic mass is 16.3. The van der Waals surface area contributed by atoms with Crippen LogP contribution in [0.2, 0.25) is 0 Å². The Bertz CT molecular complexity index is 1210. The van der Waals surface area contributed by atoms with Crippen LogP contribution in [0.3, 0.4) is 0 Å². The molecule has 3 aromatic carbocycles. The van der Waals surface area contributed by atoms with Crippen molar-refractivity contribution in [1.82, 2.24) is 10.2 Å². The molecule has 1 aliphatic rings. The number of aromatic hydroxyl groups is 1. The van der Waals surface area contributed by atoms with Gasteiger partial charge in [0.2, 0.25) is 11.8 Å². The van der Waals surface area contributed by atoms with Gasteiger partial charge >= 0.3 is 0 Å². The summed E-state index contributed by atoms with van der Waals surface area (Å²) >= 11 is 0. The molecule has 3 amide bonds. The zero-order valence-electron chi connectivity index (χ0n) is 19.9. The van der Waals surface area contributed by atoms with Crippen molar-refractivity contribution in [1.29, 1.82) is 0 Å². The number of carbonyl (C=O) groups is 3. The number of phenolic OH excluding ortho intramolecular Hbond substituents is 1. The Morgan fingerprint density at radius 1 is 0.806 bits per heavy atom. The molecular weight excluding hydrogens is 456 g/mol. The van der Waals surface area contributed by atoms with Gasteiger partial charge in [0.15, 0.2) is 0 Å². The number of hydrogen-bond acceptors (Lipinski definition) is 5. The van der Waals surface area contributed by atoms with Crippen LogP contribution in [-0.2, 0) is 16.1 Å². The van der Waals surface area contributed by atoms with E-state index in [9.17, 15) is 19.5 Å². The average Bonchev–Trinajstić information content (AvgIpc) is 2.90. The van der Waals surface area contributed by atoms with Crippen LogP contribution in [0.15, 0.2) is 78.9 Å². The maximum absolute atomic E-state index is 12.7. The third-order valence-electron chi connectivity index (χ3n) is 6.23. The molecule has 1 heterocycles. The number of anilines is 2. The lowest BCUT2D eigenvalue weighted by Crippen LogP contribution is -2.42. The number of piperidine rings is 1. The van der Waals surface area contributed by atoms with Crippen LogP contribution in [0.4, 0.5) is 11.4 Å². The van der Waals surface area contributed by atoms with Crippen molar-refractivity contribution < 1.29 is 19.5 Å². The molecule has 0 bridgehead atoms. The van der Waals surface area contributed by atoms with Crippen molar-refractivity contribution in [3.8, 4) is 5.75 Å². The van der Waals surface area contributed by atoms with Gasteiger partial charge in [-0.2, -0.15) is 0 Å². The zero-order valence-corrected chi connectivity index (χ0v) is 19.9. The van der Waals surface area contributed by atoms with Gasteiger partial charge in [0.05, 0.1) is 23.5 Å². The van der Waals surface area contributed by atoms with Crippen LogP contribution in [-0.4, -0.2) is 47.4 Å². The summed E-state index contributed by atoms with van der Waals surface area (Å²) in [4.78, 5) is 40.0. The first-order valence-corrected chi connectivity index (χ1v) is 12.0. The Balaban J connectivity index is 1.26. The molecule has 8 heteroatoms. The van der Waals surface area contributed by atoms with Crippen LogP contribution in [0.25, 0.3) is 0 Å². The number of carbonyl (C=O) groups excluding carboxylic acids is 3. The van der Waals surface area contributed by atoms with E-state index in [4.69, 9.17) is 0 Å². The van der Waals surface area contributed by atoms with E-state index >= 15 is 0 Å². The zero-order chi connectivity index (χ0) is 25.3. The lowest BCUT2D eigenvalue weighted by atomic mass is 9.95. The van der Waals surface area contributed by atoms with Gasteiger partial charge in [-0.15, -0.1) is 0 Å². The van der Waals surface area contributed by atoms with Crippen molar-refractivity contribution in [2.45, 2.75) is 19.4 Å². The second kappa shape index (κ2) is 12.0. The number of nitrogens with zero attached hydrogens (tertiary/aromatic N) is 1. The third-order valence-corrected chi connectivity index (χ3v) is 6.23. The minimum Gasteiger partial charge on any atom is -0.506 e. The quantitative estimate of drug-likeness (QED) is 0.364. The highest BCUT2D eigenvalue weighted by Crippen LogP contribution is 2.25. The topological polar surface area (TPSA) is 111 Å². The summed E-state index contributed by atoms with van der Waals surface area (Å²) in [5, 5.41) is 18.4. The van der Waals surface area contributed by atoms with Gasteiger partial charge in [-0.1, -0.05) is 54.6 Å². The Morgan fingerprint density at radius 2 is 1.44 bits per heavy atom. The second-order valence-corrected chi connectivity index (χ2v) is 8.82. The van der Waals surface area contributed by atoms with E-state index in [0.29, 0.717) is 49.4 Å². The molecule has 3 aromatic rings. The summed E-state index contributed by atoms with van der Waals surface area (Å²) in [5.74, 6) is -0.746. The summed E-state index contributed by atoms with van der Waals surface area (Å²) in [5.41, 5.74) is 2.26. The molecule has 0 radical (unpaired) electrons. The molecule has 4 rings (SSSR count). The number of hydrogen-bond donors (Lipinski definition) is 4. The highest BCUT2D eigenvalue weighted by Gasteiger charge is 2.26. The number of para-hydroxylation sites is 3. The smallest absolute Gasteiger partial charge is 0.253 e. The molecule has 8 nitrogen and oxygen atoms in total. The molecule has 0 aromatic heterocycles. The molecule has 4 N–H and O–H groups in total. The Hall–Kier alpha value is -4.17. The average molecular weight is 487 g/mol. The van der Waals surface area contributed by atoms with E-state index in [1.807, 2.05) is 35.2 Å². The van der Waals surface area contributed by atoms with Gasteiger partial charge < -0.3 is 21.1 Å². The van der Waals surface area contributed by atoms with E-state index < -0.39 is 0 Å². The summed E-state index contributed by atoms with van der Waals surface area (Å²) in [6, 6.07) is 23.2. The first-order chi connectivity index (χ1) is 17.5. The van der Waals surface area contributed by atoms with Crippen LogP contribution in [0, 0.1) is 5.92 Å². The molecule has 0 aliphatic carbocycles. The number of phenols is 1. The standard InChI is InChI=1S/C28H30N4O4/c33-25-13-7-6-12-24(25)31-27(35)21-14-16-32(17-15-21)19-26(34)30-23-11-5-4-10-22(23)28(36)29-18-20-8-2-1-3-9-20/h1-13,21,33H,14-19H2,(H,29,36)(H,30,34)(H,31,35). The Morgan fingerprint density at radius 3 is 2.17 bits per heavy atom. The molecule has 0 spiro atoms. The van der Waals surface area contributed by atoms with Gasteiger partial charge in [0, 0.05) is 12.5 Å². The Kier molecular flexibility index (Phi) is 8.31. The molecule has 0 unspecified atom stereocenters. The first-order valence-electron chi connectivity index (χ1n) is 12.0. The van der Waals surface area contributed by atoms with Gasteiger partial charge in [-0.05, 0) is 55.8 Å². The summed E-state index contributed by atoms with van der Waals surface area (Å²) < 4.78 is 0. The SMILES string of the molecule is O=C(CN1CCC(C(=O)Nc2ccccc2O)CC1)Nc1ccccc1C(=O)NCc1ccccc1. The van der Waals surface area contributed by atoms with Gasteiger partial charge in [-0.3, -0.25) is 19.3 Å². The molecule has 1 fully saturated rings. The predicted molar refractivity (Wildman–Crippen MR) is 139 cm³/mol. The van der Waals surface area contributed by atoms with E-state index in [1.54, 1.807) is 42.5 Å². The van der Waals surface area contributed by atoms with Crippen LogP contribution < -0.4 is 16.0 Å². The summed E-state index contributed by atoms with van der Waals surface area (Å²) in [6.45, 7) is 1.78. The number of likely N-dealkylation sites (tertiary alicyclic amines) is 1. The maximum atomic E-state index is 12.7. The fourth-order valence-electron chi connectivity index (χ4n) is 4.22. The fraction of sp³-hybridized carbons (Fsp3) is 0.250. The lowest BCUT2D eigenvalue weighted by Gasteiger charge is -2.30. The third kappa shape index (κ3) is 6.70. The number of rotatable bonds is 8. The van der Waals surface area contributed by atoms with E-state index in [-0.39, 0.29) is 35.9 Å². The molecule has 0 saturated carbocycles. The number of nitrogens with one attached hydrogen (secondary N) is 3. The molecule has 186 valence electrons. The van der Waals surface area contributed by atoms with E-state index in [2.05, 4.69) is 16.0 Å². The largest absolute Gasteiger partial charge is 0.506 e.